The SMILES string of the molecule is CCC(CN)C(=O)NCC1(O)CCCCCC1. The molecule has 0 heterocycles. The monoisotopic (exact) mass is 242 g/mol. The lowest BCUT2D eigenvalue weighted by Crippen LogP contribution is -2.45. The largest absolute Gasteiger partial charge is 0.388 e. The van der Waals surface area contributed by atoms with Crippen LogP contribution < -0.4 is 11.1 Å². The van der Waals surface area contributed by atoms with E-state index in [0.717, 1.165) is 32.1 Å². The normalized spacial score (nSPS) is 21.6. The molecule has 0 radical (unpaired) electrons. The summed E-state index contributed by atoms with van der Waals surface area (Å²) in [5.41, 5.74) is 4.83. The second-order valence-corrected chi connectivity index (χ2v) is 5.20. The van der Waals surface area contributed by atoms with Crippen LogP contribution in [0.5, 0.6) is 0 Å². The molecule has 1 unspecified atom stereocenters. The fourth-order valence-electron chi connectivity index (χ4n) is 2.42. The van der Waals surface area contributed by atoms with E-state index in [1.807, 2.05) is 6.92 Å². The van der Waals surface area contributed by atoms with Crippen LogP contribution >= 0.6 is 0 Å². The summed E-state index contributed by atoms with van der Waals surface area (Å²) in [6.45, 7) is 2.71. The van der Waals surface area contributed by atoms with Gasteiger partial charge in [0.05, 0.1) is 5.60 Å². The Hall–Kier alpha value is -0.610. The first-order valence-electron chi connectivity index (χ1n) is 6.81. The number of hydrogen-bond acceptors (Lipinski definition) is 3. The molecule has 1 rings (SSSR count). The average Bonchev–Trinajstić information content (AvgIpc) is 2.54. The number of aliphatic hydroxyl groups is 1. The topological polar surface area (TPSA) is 75.4 Å². The molecular weight excluding hydrogens is 216 g/mol. The Morgan fingerprint density at radius 1 is 1.35 bits per heavy atom. The third-order valence-electron chi connectivity index (χ3n) is 3.77. The number of nitrogens with two attached hydrogens (primary N) is 1. The molecule has 1 saturated carbocycles. The van der Waals surface area contributed by atoms with E-state index >= 15 is 0 Å². The summed E-state index contributed by atoms with van der Waals surface area (Å²) in [4.78, 5) is 11.8. The highest BCUT2D eigenvalue weighted by Crippen LogP contribution is 2.26. The van der Waals surface area contributed by atoms with Crippen LogP contribution in [-0.2, 0) is 4.79 Å². The van der Waals surface area contributed by atoms with Crippen molar-refractivity contribution in [3.05, 3.63) is 0 Å². The molecule has 0 aromatic rings. The molecule has 0 aromatic carbocycles. The number of rotatable bonds is 5. The smallest absolute Gasteiger partial charge is 0.224 e. The first-order valence-corrected chi connectivity index (χ1v) is 6.81. The molecule has 1 aliphatic rings. The van der Waals surface area contributed by atoms with E-state index in [-0.39, 0.29) is 11.8 Å². The van der Waals surface area contributed by atoms with Crippen LogP contribution in [0, 0.1) is 5.92 Å². The molecule has 4 heteroatoms. The number of carbonyl (C=O) groups is 1. The standard InChI is InChI=1S/C13H26N2O2/c1-2-11(9-14)12(16)15-10-13(17)7-5-3-4-6-8-13/h11,17H,2-10,14H2,1H3,(H,15,16). The minimum Gasteiger partial charge on any atom is -0.388 e. The van der Waals surface area contributed by atoms with Crippen molar-refractivity contribution < 1.29 is 9.90 Å². The quantitative estimate of drug-likeness (QED) is 0.634. The van der Waals surface area contributed by atoms with Gasteiger partial charge in [-0.05, 0) is 19.3 Å². The lowest BCUT2D eigenvalue weighted by Gasteiger charge is -2.27. The third-order valence-corrected chi connectivity index (χ3v) is 3.77. The summed E-state index contributed by atoms with van der Waals surface area (Å²) in [6, 6.07) is 0. The van der Waals surface area contributed by atoms with Crippen molar-refractivity contribution in [2.24, 2.45) is 11.7 Å². The summed E-state index contributed by atoms with van der Waals surface area (Å²) < 4.78 is 0. The van der Waals surface area contributed by atoms with E-state index in [1.54, 1.807) is 0 Å². The van der Waals surface area contributed by atoms with Gasteiger partial charge >= 0.3 is 0 Å². The molecule has 0 saturated heterocycles. The van der Waals surface area contributed by atoms with Gasteiger partial charge in [0.25, 0.3) is 0 Å². The second-order valence-electron chi connectivity index (χ2n) is 5.20. The molecular formula is C13H26N2O2. The van der Waals surface area contributed by atoms with Crippen molar-refractivity contribution in [2.75, 3.05) is 13.1 Å². The first kappa shape index (κ1) is 14.5. The number of carbonyl (C=O) groups excluding carboxylic acids is 1. The van der Waals surface area contributed by atoms with Crippen LogP contribution in [0.2, 0.25) is 0 Å². The van der Waals surface area contributed by atoms with Gasteiger partial charge in [-0.1, -0.05) is 32.6 Å². The summed E-state index contributed by atoms with van der Waals surface area (Å²) in [5.74, 6) is -0.142. The van der Waals surface area contributed by atoms with Gasteiger partial charge in [0.15, 0.2) is 0 Å². The molecule has 1 aliphatic carbocycles. The zero-order valence-corrected chi connectivity index (χ0v) is 10.9. The van der Waals surface area contributed by atoms with Gasteiger partial charge in [0.1, 0.15) is 0 Å². The summed E-state index contributed by atoms with van der Waals surface area (Å²) >= 11 is 0. The second kappa shape index (κ2) is 6.97. The highest BCUT2D eigenvalue weighted by molar-refractivity contribution is 5.78. The van der Waals surface area contributed by atoms with E-state index in [9.17, 15) is 9.90 Å². The zero-order valence-electron chi connectivity index (χ0n) is 10.9. The molecule has 0 bridgehead atoms. The van der Waals surface area contributed by atoms with Crippen molar-refractivity contribution in [3.63, 3.8) is 0 Å². The highest BCUT2D eigenvalue weighted by atomic mass is 16.3. The fourth-order valence-corrected chi connectivity index (χ4v) is 2.42. The maximum absolute atomic E-state index is 11.8. The predicted molar refractivity (Wildman–Crippen MR) is 68.5 cm³/mol. The Labute approximate surface area is 104 Å². The Morgan fingerprint density at radius 3 is 2.41 bits per heavy atom. The highest BCUT2D eigenvalue weighted by Gasteiger charge is 2.29. The molecule has 0 aromatic heterocycles. The van der Waals surface area contributed by atoms with Gasteiger partial charge in [0, 0.05) is 19.0 Å². The van der Waals surface area contributed by atoms with Crippen molar-refractivity contribution in [3.8, 4) is 0 Å². The lowest BCUT2D eigenvalue weighted by molar-refractivity contribution is -0.126. The fraction of sp³-hybridized carbons (Fsp3) is 0.923. The summed E-state index contributed by atoms with van der Waals surface area (Å²) in [5, 5.41) is 13.2. The van der Waals surface area contributed by atoms with Gasteiger partial charge in [-0.2, -0.15) is 0 Å². The van der Waals surface area contributed by atoms with Gasteiger partial charge in [-0.25, -0.2) is 0 Å². The summed E-state index contributed by atoms with van der Waals surface area (Å²) in [6.07, 6.45) is 6.84. The van der Waals surface area contributed by atoms with Crippen LogP contribution in [-0.4, -0.2) is 29.7 Å². The molecule has 17 heavy (non-hydrogen) atoms. The number of hydrogen-bond donors (Lipinski definition) is 3. The minimum atomic E-state index is -0.695. The van der Waals surface area contributed by atoms with E-state index < -0.39 is 5.60 Å². The zero-order chi connectivity index (χ0) is 12.7. The van der Waals surface area contributed by atoms with E-state index in [2.05, 4.69) is 5.32 Å². The van der Waals surface area contributed by atoms with Crippen molar-refractivity contribution in [1.82, 2.24) is 5.32 Å². The van der Waals surface area contributed by atoms with Crippen molar-refractivity contribution >= 4 is 5.91 Å². The first-order chi connectivity index (χ1) is 8.11. The van der Waals surface area contributed by atoms with Gasteiger partial charge in [0.2, 0.25) is 5.91 Å². The van der Waals surface area contributed by atoms with Gasteiger partial charge in [-0.3, -0.25) is 4.79 Å². The molecule has 0 aliphatic heterocycles. The Kier molecular flexibility index (Phi) is 5.92. The molecule has 1 fully saturated rings. The lowest BCUT2D eigenvalue weighted by atomic mass is 9.94. The predicted octanol–water partition coefficient (Wildman–Crippen LogP) is 1.17. The van der Waals surface area contributed by atoms with E-state index in [0.29, 0.717) is 13.1 Å². The van der Waals surface area contributed by atoms with Crippen LogP contribution in [0.15, 0.2) is 0 Å². The van der Waals surface area contributed by atoms with Gasteiger partial charge in [-0.15, -0.1) is 0 Å². The molecule has 4 N–H and O–H groups in total. The molecule has 1 amide bonds. The van der Waals surface area contributed by atoms with Crippen LogP contribution in [0.4, 0.5) is 0 Å². The average molecular weight is 242 g/mol. The molecule has 0 spiro atoms. The van der Waals surface area contributed by atoms with E-state index in [4.69, 9.17) is 5.73 Å². The van der Waals surface area contributed by atoms with Crippen LogP contribution in [0.1, 0.15) is 51.9 Å². The van der Waals surface area contributed by atoms with Crippen LogP contribution in [0.3, 0.4) is 0 Å². The molecule has 100 valence electrons. The Morgan fingerprint density at radius 2 is 1.94 bits per heavy atom. The Balaban J connectivity index is 2.39. The minimum absolute atomic E-state index is 0.0207. The molecule has 4 nitrogen and oxygen atoms in total. The third kappa shape index (κ3) is 4.64. The molecule has 1 atom stereocenters. The maximum Gasteiger partial charge on any atom is 0.224 e. The summed E-state index contributed by atoms with van der Waals surface area (Å²) in [7, 11) is 0. The van der Waals surface area contributed by atoms with Gasteiger partial charge < -0.3 is 16.2 Å². The number of nitrogens with one attached hydrogen (secondary N) is 1. The van der Waals surface area contributed by atoms with Crippen molar-refractivity contribution in [1.29, 1.82) is 0 Å². The number of amides is 1. The Bertz CT molecular complexity index is 232. The van der Waals surface area contributed by atoms with Crippen LogP contribution in [0.25, 0.3) is 0 Å². The van der Waals surface area contributed by atoms with E-state index in [1.165, 1.54) is 12.8 Å². The van der Waals surface area contributed by atoms with Crippen molar-refractivity contribution in [2.45, 2.75) is 57.5 Å². The maximum atomic E-state index is 11.8.